The monoisotopic (exact) mass is 360 g/mol. The zero-order chi connectivity index (χ0) is 13.6. The lowest BCUT2D eigenvalue weighted by Gasteiger charge is -2.00. The maximum absolute atomic E-state index is 13.8. The largest absolute Gasteiger partial charge is 0.245 e. The molecular formula is C12H4BrClF2N2S. The molecule has 0 aliphatic rings. The third kappa shape index (κ3) is 2.13. The van der Waals surface area contributed by atoms with Crippen molar-refractivity contribution in [2.45, 2.75) is 0 Å². The quantitative estimate of drug-likeness (QED) is 0.567. The average molecular weight is 362 g/mol. The highest BCUT2D eigenvalue weighted by atomic mass is 79.9. The Bertz CT molecular complexity index is 770. The van der Waals surface area contributed by atoms with Gasteiger partial charge in [-0.1, -0.05) is 17.7 Å². The Kier molecular flexibility index (Phi) is 3.24. The number of aromatic nitrogens is 2. The summed E-state index contributed by atoms with van der Waals surface area (Å²) in [5.41, 5.74) is 0.335. The first-order chi connectivity index (χ1) is 9.08. The minimum absolute atomic E-state index is 0.0801. The van der Waals surface area contributed by atoms with Crippen LogP contribution in [0, 0.1) is 11.6 Å². The molecule has 96 valence electrons. The fourth-order valence-corrected chi connectivity index (χ4v) is 3.25. The molecule has 0 atom stereocenters. The van der Waals surface area contributed by atoms with E-state index in [9.17, 15) is 8.78 Å². The molecule has 0 spiro atoms. The molecule has 7 heteroatoms. The number of nitrogens with zero attached hydrogens (tertiary/aromatic N) is 2. The fourth-order valence-electron chi connectivity index (χ4n) is 1.66. The van der Waals surface area contributed by atoms with E-state index < -0.39 is 11.6 Å². The van der Waals surface area contributed by atoms with Crippen LogP contribution in [0.2, 0.25) is 5.02 Å². The molecule has 2 aromatic heterocycles. The van der Waals surface area contributed by atoms with Gasteiger partial charge in [0.15, 0.2) is 5.82 Å². The second-order valence-corrected chi connectivity index (χ2v) is 5.88. The van der Waals surface area contributed by atoms with E-state index in [1.54, 1.807) is 6.07 Å². The van der Waals surface area contributed by atoms with Gasteiger partial charge in [0, 0.05) is 6.20 Å². The number of hydrogen-bond acceptors (Lipinski definition) is 3. The van der Waals surface area contributed by atoms with Crippen LogP contribution in [0.3, 0.4) is 0 Å². The van der Waals surface area contributed by atoms with Crippen molar-refractivity contribution >= 4 is 49.1 Å². The van der Waals surface area contributed by atoms with E-state index in [1.165, 1.54) is 18.3 Å². The van der Waals surface area contributed by atoms with Crippen molar-refractivity contribution in [3.05, 3.63) is 45.7 Å². The molecule has 2 heterocycles. The maximum atomic E-state index is 13.8. The Hall–Kier alpha value is -1.11. The van der Waals surface area contributed by atoms with Gasteiger partial charge in [-0.3, -0.25) is 0 Å². The molecule has 0 unspecified atom stereocenters. The Morgan fingerprint density at radius 1 is 1.26 bits per heavy atom. The van der Waals surface area contributed by atoms with Crippen LogP contribution >= 0.6 is 38.9 Å². The topological polar surface area (TPSA) is 25.8 Å². The number of hydrogen-bond donors (Lipinski definition) is 0. The van der Waals surface area contributed by atoms with Crippen molar-refractivity contribution < 1.29 is 8.78 Å². The van der Waals surface area contributed by atoms with Gasteiger partial charge < -0.3 is 0 Å². The smallest absolute Gasteiger partial charge is 0.183 e. The van der Waals surface area contributed by atoms with E-state index >= 15 is 0 Å². The highest BCUT2D eigenvalue weighted by molar-refractivity contribution is 9.10. The summed E-state index contributed by atoms with van der Waals surface area (Å²) in [5, 5.41) is 0.573. The van der Waals surface area contributed by atoms with Gasteiger partial charge in [0.2, 0.25) is 0 Å². The van der Waals surface area contributed by atoms with Crippen molar-refractivity contribution in [1.29, 1.82) is 0 Å². The molecule has 0 amide bonds. The van der Waals surface area contributed by atoms with Gasteiger partial charge in [0.1, 0.15) is 20.9 Å². The Morgan fingerprint density at radius 3 is 2.79 bits per heavy atom. The molecule has 3 rings (SSSR count). The van der Waals surface area contributed by atoms with Crippen LogP contribution in [-0.4, -0.2) is 9.97 Å². The predicted octanol–water partition coefficient (Wildman–Crippen LogP) is 5.05. The van der Waals surface area contributed by atoms with Crippen molar-refractivity contribution in [3.63, 3.8) is 0 Å². The molecule has 0 saturated carbocycles. The minimum Gasteiger partial charge on any atom is -0.245 e. The van der Waals surface area contributed by atoms with Crippen LogP contribution < -0.4 is 0 Å². The number of fused-ring (bicyclic) bond motifs is 1. The van der Waals surface area contributed by atoms with Crippen LogP contribution in [-0.2, 0) is 0 Å². The molecule has 2 nitrogen and oxygen atoms in total. The number of thiazole rings is 1. The summed E-state index contributed by atoms with van der Waals surface area (Å²) in [7, 11) is 0. The lowest BCUT2D eigenvalue weighted by Crippen LogP contribution is -1.86. The summed E-state index contributed by atoms with van der Waals surface area (Å²) < 4.78 is 28.3. The molecule has 0 fully saturated rings. The summed E-state index contributed by atoms with van der Waals surface area (Å²) in [6.45, 7) is 0. The third-order valence-corrected chi connectivity index (χ3v) is 4.39. The van der Waals surface area contributed by atoms with Gasteiger partial charge in [0.25, 0.3) is 0 Å². The first kappa shape index (κ1) is 12.9. The molecular weight excluding hydrogens is 358 g/mol. The third-order valence-electron chi connectivity index (χ3n) is 2.51. The van der Waals surface area contributed by atoms with E-state index in [-0.39, 0.29) is 20.7 Å². The second kappa shape index (κ2) is 4.77. The summed E-state index contributed by atoms with van der Waals surface area (Å²) in [5.74, 6) is -1.05. The molecule has 0 bridgehead atoms. The molecule has 0 aliphatic heterocycles. The lowest BCUT2D eigenvalue weighted by atomic mass is 10.2. The molecule has 3 aromatic rings. The van der Waals surface area contributed by atoms with Gasteiger partial charge in [-0.25, -0.2) is 18.7 Å². The van der Waals surface area contributed by atoms with Crippen LogP contribution in [0.15, 0.2) is 29.0 Å². The van der Waals surface area contributed by atoms with E-state index in [0.29, 0.717) is 9.71 Å². The summed E-state index contributed by atoms with van der Waals surface area (Å²) >= 11 is 10.1. The van der Waals surface area contributed by atoms with E-state index in [2.05, 4.69) is 25.9 Å². The zero-order valence-electron chi connectivity index (χ0n) is 9.12. The number of benzene rings is 1. The second-order valence-electron chi connectivity index (χ2n) is 3.69. The standard InChI is InChI=1S/C12H4BrClF2N2S/c13-11-9(16)10-7(4-17-11)19-12(18-10)8-5(14)2-1-3-6(8)15/h1-4H. The van der Waals surface area contributed by atoms with Gasteiger partial charge in [0.05, 0.1) is 15.3 Å². The fraction of sp³-hybridized carbons (Fsp3) is 0. The van der Waals surface area contributed by atoms with E-state index in [4.69, 9.17) is 11.6 Å². The van der Waals surface area contributed by atoms with Crippen LogP contribution in [0.4, 0.5) is 8.78 Å². The SMILES string of the molecule is Fc1cccc(Cl)c1-c1nc2c(F)c(Br)ncc2s1. The summed E-state index contributed by atoms with van der Waals surface area (Å²) in [6.07, 6.45) is 1.48. The number of pyridine rings is 1. The van der Waals surface area contributed by atoms with E-state index in [1.807, 2.05) is 0 Å². The average Bonchev–Trinajstić information content (AvgIpc) is 2.78. The van der Waals surface area contributed by atoms with E-state index in [0.717, 1.165) is 11.3 Å². The summed E-state index contributed by atoms with van der Waals surface area (Å²) in [4.78, 5) is 7.96. The molecule has 0 saturated heterocycles. The van der Waals surface area contributed by atoms with Crippen molar-refractivity contribution in [3.8, 4) is 10.6 Å². The Morgan fingerprint density at radius 2 is 2.05 bits per heavy atom. The van der Waals surface area contributed by atoms with Crippen LogP contribution in [0.1, 0.15) is 0 Å². The maximum Gasteiger partial charge on any atom is 0.183 e. The van der Waals surface area contributed by atoms with Crippen LogP contribution in [0.5, 0.6) is 0 Å². The van der Waals surface area contributed by atoms with Crippen molar-refractivity contribution in [2.24, 2.45) is 0 Å². The minimum atomic E-state index is -0.563. The zero-order valence-corrected chi connectivity index (χ0v) is 12.3. The predicted molar refractivity (Wildman–Crippen MR) is 75.5 cm³/mol. The molecule has 0 N–H and O–H groups in total. The molecule has 19 heavy (non-hydrogen) atoms. The van der Waals surface area contributed by atoms with Crippen molar-refractivity contribution in [2.75, 3.05) is 0 Å². The first-order valence-corrected chi connectivity index (χ1v) is 7.11. The molecule has 1 aromatic carbocycles. The van der Waals surface area contributed by atoms with Gasteiger partial charge in [-0.15, -0.1) is 11.3 Å². The first-order valence-electron chi connectivity index (χ1n) is 5.13. The Balaban J connectivity index is 2.30. The summed E-state index contributed by atoms with van der Waals surface area (Å²) in [6, 6.07) is 4.36. The highest BCUT2D eigenvalue weighted by Crippen LogP contribution is 2.37. The molecule has 0 radical (unpaired) electrons. The number of rotatable bonds is 1. The highest BCUT2D eigenvalue weighted by Gasteiger charge is 2.17. The van der Waals surface area contributed by atoms with Crippen molar-refractivity contribution in [1.82, 2.24) is 9.97 Å². The number of halogens is 4. The van der Waals surface area contributed by atoms with Crippen LogP contribution in [0.25, 0.3) is 20.8 Å². The lowest BCUT2D eigenvalue weighted by molar-refractivity contribution is 0.622. The normalized spacial score (nSPS) is 11.2. The van der Waals surface area contributed by atoms with Gasteiger partial charge >= 0.3 is 0 Å². The van der Waals surface area contributed by atoms with Gasteiger partial charge in [-0.2, -0.15) is 0 Å². The van der Waals surface area contributed by atoms with Gasteiger partial charge in [-0.05, 0) is 28.1 Å². The molecule has 0 aliphatic carbocycles. The Labute approximate surface area is 124 Å².